The number of aliphatic hydroxyl groups excluding tert-OH is 1. The highest BCUT2D eigenvalue weighted by molar-refractivity contribution is 5.15. The number of hydrogen-bond acceptors (Lipinski definition) is 2. The number of hydrogen-bond donors (Lipinski definition) is 1. The average molecular weight is 203 g/mol. The summed E-state index contributed by atoms with van der Waals surface area (Å²) in [4.78, 5) is 2.44. The quantitative estimate of drug-likeness (QED) is 0.790. The maximum absolute atomic E-state index is 9.94. The van der Waals surface area contributed by atoms with E-state index in [4.69, 9.17) is 0 Å². The Balaban J connectivity index is 1.71. The van der Waals surface area contributed by atoms with Gasteiger partial charge in [-0.25, -0.2) is 0 Å². The molecule has 1 aliphatic heterocycles. The van der Waals surface area contributed by atoms with Gasteiger partial charge in [0.2, 0.25) is 0 Å². The van der Waals surface area contributed by atoms with Crippen LogP contribution in [0.1, 0.15) is 18.4 Å². The van der Waals surface area contributed by atoms with Crippen molar-refractivity contribution in [2.24, 2.45) is 5.92 Å². The molecule has 3 rings (SSSR count). The number of likely N-dealkylation sites (tertiary alicyclic amines) is 1. The van der Waals surface area contributed by atoms with Crippen LogP contribution in [0.5, 0.6) is 0 Å². The van der Waals surface area contributed by atoms with E-state index in [-0.39, 0.29) is 6.10 Å². The van der Waals surface area contributed by atoms with E-state index in [1.54, 1.807) is 0 Å². The van der Waals surface area contributed by atoms with E-state index in [1.165, 1.54) is 18.4 Å². The van der Waals surface area contributed by atoms with Gasteiger partial charge in [-0.3, -0.25) is 4.90 Å². The Morgan fingerprint density at radius 3 is 2.60 bits per heavy atom. The molecule has 1 unspecified atom stereocenters. The van der Waals surface area contributed by atoms with Crippen LogP contribution in [-0.2, 0) is 6.54 Å². The Labute approximate surface area is 90.5 Å². The molecule has 2 fully saturated rings. The third kappa shape index (κ3) is 1.58. The standard InChI is InChI=1S/C13H17NO/c15-13-11-6-7-12(13)14(9-11)8-10-4-2-1-3-5-10/h1-5,11-13,15H,6-9H2/t11-,12-,13?/m1/s1. The van der Waals surface area contributed by atoms with Crippen molar-refractivity contribution in [1.82, 2.24) is 4.90 Å². The Morgan fingerprint density at radius 2 is 2.00 bits per heavy atom. The summed E-state index contributed by atoms with van der Waals surface area (Å²) >= 11 is 0. The summed E-state index contributed by atoms with van der Waals surface area (Å²) in [6.45, 7) is 2.08. The number of piperidine rings is 1. The van der Waals surface area contributed by atoms with Gasteiger partial charge in [0.25, 0.3) is 0 Å². The molecule has 0 radical (unpaired) electrons. The molecule has 2 bridgehead atoms. The van der Waals surface area contributed by atoms with Crippen LogP contribution < -0.4 is 0 Å². The first-order chi connectivity index (χ1) is 7.34. The van der Waals surface area contributed by atoms with Crippen molar-refractivity contribution in [2.75, 3.05) is 6.54 Å². The second-order valence-corrected chi connectivity index (χ2v) is 4.81. The van der Waals surface area contributed by atoms with E-state index in [1.807, 2.05) is 0 Å². The van der Waals surface area contributed by atoms with Gasteiger partial charge < -0.3 is 5.11 Å². The van der Waals surface area contributed by atoms with Crippen LogP contribution >= 0.6 is 0 Å². The van der Waals surface area contributed by atoms with Gasteiger partial charge >= 0.3 is 0 Å². The molecule has 1 aromatic rings. The highest BCUT2D eigenvalue weighted by atomic mass is 16.3. The summed E-state index contributed by atoms with van der Waals surface area (Å²) in [5.74, 6) is 0.540. The first kappa shape index (κ1) is 9.37. The van der Waals surface area contributed by atoms with Gasteiger partial charge in [-0.1, -0.05) is 30.3 Å². The molecule has 2 heteroatoms. The number of fused-ring (bicyclic) bond motifs is 2. The van der Waals surface area contributed by atoms with E-state index < -0.39 is 0 Å². The predicted octanol–water partition coefficient (Wildman–Crippen LogP) is 1.64. The van der Waals surface area contributed by atoms with Crippen LogP contribution in [0.25, 0.3) is 0 Å². The second kappa shape index (κ2) is 3.62. The molecule has 0 spiro atoms. The molecule has 1 saturated carbocycles. The van der Waals surface area contributed by atoms with Crippen LogP contribution in [0, 0.1) is 5.92 Å². The zero-order chi connectivity index (χ0) is 10.3. The van der Waals surface area contributed by atoms with Crippen LogP contribution in [0.15, 0.2) is 30.3 Å². The Kier molecular flexibility index (Phi) is 2.26. The topological polar surface area (TPSA) is 23.5 Å². The largest absolute Gasteiger partial charge is 0.391 e. The smallest absolute Gasteiger partial charge is 0.0735 e. The Hall–Kier alpha value is -0.860. The summed E-state index contributed by atoms with van der Waals surface area (Å²) in [5, 5.41) is 9.94. The van der Waals surface area contributed by atoms with Crippen molar-refractivity contribution in [1.29, 1.82) is 0 Å². The molecule has 2 aliphatic rings. The molecule has 2 nitrogen and oxygen atoms in total. The normalized spacial score (nSPS) is 34.9. The lowest BCUT2D eigenvalue weighted by Crippen LogP contribution is -2.33. The first-order valence-corrected chi connectivity index (χ1v) is 5.80. The molecule has 3 atom stereocenters. The van der Waals surface area contributed by atoms with Gasteiger partial charge in [0, 0.05) is 19.1 Å². The predicted molar refractivity (Wildman–Crippen MR) is 59.4 cm³/mol. The van der Waals surface area contributed by atoms with Crippen molar-refractivity contribution < 1.29 is 5.11 Å². The van der Waals surface area contributed by atoms with E-state index in [9.17, 15) is 5.11 Å². The summed E-state index contributed by atoms with van der Waals surface area (Å²) in [5.41, 5.74) is 1.36. The van der Waals surface area contributed by atoms with Crippen molar-refractivity contribution in [3.05, 3.63) is 35.9 Å². The van der Waals surface area contributed by atoms with Gasteiger partial charge in [-0.2, -0.15) is 0 Å². The zero-order valence-corrected chi connectivity index (χ0v) is 8.84. The van der Waals surface area contributed by atoms with E-state index in [0.717, 1.165) is 13.1 Å². The van der Waals surface area contributed by atoms with Crippen molar-refractivity contribution in [3.63, 3.8) is 0 Å². The van der Waals surface area contributed by atoms with Gasteiger partial charge in [0.1, 0.15) is 0 Å². The minimum Gasteiger partial charge on any atom is -0.391 e. The molecule has 1 N–H and O–H groups in total. The van der Waals surface area contributed by atoms with Gasteiger partial charge in [0.05, 0.1) is 6.10 Å². The lowest BCUT2D eigenvalue weighted by atomic mass is 10.1. The Morgan fingerprint density at radius 1 is 1.20 bits per heavy atom. The lowest BCUT2D eigenvalue weighted by Gasteiger charge is -2.26. The van der Waals surface area contributed by atoms with Crippen LogP contribution in [0.2, 0.25) is 0 Å². The lowest BCUT2D eigenvalue weighted by molar-refractivity contribution is 0.121. The summed E-state index contributed by atoms with van der Waals surface area (Å²) < 4.78 is 0. The van der Waals surface area contributed by atoms with E-state index in [2.05, 4.69) is 35.2 Å². The second-order valence-electron chi connectivity index (χ2n) is 4.81. The molecule has 1 saturated heterocycles. The van der Waals surface area contributed by atoms with Crippen LogP contribution in [0.3, 0.4) is 0 Å². The Bertz CT molecular complexity index is 338. The summed E-state index contributed by atoms with van der Waals surface area (Å²) in [7, 11) is 0. The molecule has 80 valence electrons. The van der Waals surface area contributed by atoms with E-state index >= 15 is 0 Å². The fraction of sp³-hybridized carbons (Fsp3) is 0.538. The number of nitrogens with zero attached hydrogens (tertiary/aromatic N) is 1. The highest BCUT2D eigenvalue weighted by Gasteiger charge is 2.45. The van der Waals surface area contributed by atoms with Gasteiger partial charge in [-0.15, -0.1) is 0 Å². The molecular formula is C13H17NO. The monoisotopic (exact) mass is 203 g/mol. The average Bonchev–Trinajstić information content (AvgIpc) is 2.75. The minimum atomic E-state index is -0.0614. The molecule has 1 aliphatic carbocycles. The summed E-state index contributed by atoms with van der Waals surface area (Å²) in [6, 6.07) is 11.0. The summed E-state index contributed by atoms with van der Waals surface area (Å²) in [6.07, 6.45) is 2.34. The molecule has 1 aromatic carbocycles. The SMILES string of the molecule is OC1[C@@H]2CC[C@H]1N(Cc1ccccc1)C2. The number of benzene rings is 1. The number of rotatable bonds is 2. The first-order valence-electron chi connectivity index (χ1n) is 5.80. The van der Waals surface area contributed by atoms with E-state index in [0.29, 0.717) is 12.0 Å². The molecule has 15 heavy (non-hydrogen) atoms. The zero-order valence-electron chi connectivity index (χ0n) is 8.84. The van der Waals surface area contributed by atoms with Crippen LogP contribution in [0.4, 0.5) is 0 Å². The molecular weight excluding hydrogens is 186 g/mol. The van der Waals surface area contributed by atoms with Crippen LogP contribution in [-0.4, -0.2) is 28.7 Å². The molecule has 1 heterocycles. The van der Waals surface area contributed by atoms with Gasteiger partial charge in [0.15, 0.2) is 0 Å². The molecule has 0 aromatic heterocycles. The minimum absolute atomic E-state index is 0.0614. The van der Waals surface area contributed by atoms with Crippen molar-refractivity contribution in [3.8, 4) is 0 Å². The number of aliphatic hydroxyl groups is 1. The molecule has 0 amide bonds. The van der Waals surface area contributed by atoms with Crippen molar-refractivity contribution in [2.45, 2.75) is 31.5 Å². The van der Waals surface area contributed by atoms with Gasteiger partial charge in [-0.05, 0) is 24.3 Å². The highest BCUT2D eigenvalue weighted by Crippen LogP contribution is 2.38. The third-order valence-corrected chi connectivity index (χ3v) is 3.88. The van der Waals surface area contributed by atoms with Crippen molar-refractivity contribution >= 4 is 0 Å². The fourth-order valence-electron chi connectivity index (χ4n) is 3.07. The maximum Gasteiger partial charge on any atom is 0.0735 e. The fourth-order valence-corrected chi connectivity index (χ4v) is 3.07. The maximum atomic E-state index is 9.94. The third-order valence-electron chi connectivity index (χ3n) is 3.88.